The maximum absolute atomic E-state index is 13.2. The molecule has 4 N–H and O–H groups in total. The Hall–Kier alpha value is -5.15. The molecule has 1 unspecified atom stereocenters. The molecule has 0 aliphatic heterocycles. The van der Waals surface area contributed by atoms with E-state index < -0.39 is 46.1 Å². The van der Waals surface area contributed by atoms with Crippen LogP contribution in [-0.4, -0.2) is 38.9 Å². The van der Waals surface area contributed by atoms with Crippen molar-refractivity contribution in [2.75, 3.05) is 5.32 Å². The number of para-hydroxylation sites is 1. The first-order valence-electron chi connectivity index (χ1n) is 18.8. The molecule has 0 spiro atoms. The standard InChI is InChI=1S/C46H47NO9S3/c1-27-19-28(2)41(29(3)20-27)23-34-13-16-38(31(5)22-34)45(40-18-15-37(57(48,49)50)26-44(40)58(51,52)53)39-17-14-35(25-43(39)47-36-11-9-8-10-12-36)24-42-30(4)21-32(6)46(33(42)7)59(54,55)56/h8-22,25-26,45,47H,23-24H2,1-7H3,(H,48,49,50)(H,51,52,53)(H,54,55,56). The van der Waals surface area contributed by atoms with E-state index in [0.717, 1.165) is 34.4 Å². The maximum Gasteiger partial charge on any atom is 0.295 e. The average molecular weight is 854 g/mol. The summed E-state index contributed by atoms with van der Waals surface area (Å²) in [6, 6.07) is 29.9. The maximum atomic E-state index is 13.2. The van der Waals surface area contributed by atoms with Crippen molar-refractivity contribution in [1.82, 2.24) is 0 Å². The summed E-state index contributed by atoms with van der Waals surface area (Å²) in [4.78, 5) is -1.53. The Balaban J connectivity index is 1.60. The number of benzene rings is 6. The molecular weight excluding hydrogens is 807 g/mol. The van der Waals surface area contributed by atoms with Crippen LogP contribution in [-0.2, 0) is 43.2 Å². The molecule has 0 aromatic heterocycles. The molecule has 0 amide bonds. The first-order valence-corrected chi connectivity index (χ1v) is 23.1. The predicted octanol–water partition coefficient (Wildman–Crippen LogP) is 9.69. The largest absolute Gasteiger partial charge is 0.355 e. The van der Waals surface area contributed by atoms with E-state index in [0.29, 0.717) is 45.6 Å². The van der Waals surface area contributed by atoms with Gasteiger partial charge < -0.3 is 5.32 Å². The Morgan fingerprint density at radius 3 is 1.64 bits per heavy atom. The van der Waals surface area contributed by atoms with Crippen LogP contribution in [0.25, 0.3) is 0 Å². The van der Waals surface area contributed by atoms with Gasteiger partial charge in [0, 0.05) is 17.3 Å². The lowest BCUT2D eigenvalue weighted by Gasteiger charge is -2.27. The first kappa shape index (κ1) is 43.4. The van der Waals surface area contributed by atoms with Gasteiger partial charge in [-0.15, -0.1) is 0 Å². The molecule has 0 aliphatic carbocycles. The van der Waals surface area contributed by atoms with E-state index in [9.17, 15) is 38.9 Å². The summed E-state index contributed by atoms with van der Waals surface area (Å²) in [6.45, 7) is 13.3. The fraction of sp³-hybridized carbons (Fsp3) is 0.217. The van der Waals surface area contributed by atoms with E-state index in [1.165, 1.54) is 28.3 Å². The van der Waals surface area contributed by atoms with E-state index in [-0.39, 0.29) is 16.9 Å². The Morgan fingerprint density at radius 1 is 0.508 bits per heavy atom. The highest BCUT2D eigenvalue weighted by atomic mass is 32.2. The predicted molar refractivity (Wildman–Crippen MR) is 231 cm³/mol. The Kier molecular flexibility index (Phi) is 12.1. The zero-order valence-electron chi connectivity index (χ0n) is 33.8. The van der Waals surface area contributed by atoms with Gasteiger partial charge in [0.1, 0.15) is 0 Å². The summed E-state index contributed by atoms with van der Waals surface area (Å²) >= 11 is 0. The SMILES string of the molecule is Cc1cc(C)c(Cc2ccc(C(c3ccc(Cc4c(C)cc(C)c(S(=O)(=O)O)c4C)cc3Nc3ccccc3)c3ccc(S(=O)(=O)O)cc3S(=O)(=O)O)c(C)c2)c(C)c1. The van der Waals surface area contributed by atoms with Crippen molar-refractivity contribution in [1.29, 1.82) is 0 Å². The lowest BCUT2D eigenvalue weighted by molar-refractivity contribution is 0.477. The summed E-state index contributed by atoms with van der Waals surface area (Å²) in [7, 11) is -14.4. The zero-order chi connectivity index (χ0) is 43.2. The molecule has 0 fully saturated rings. The quantitative estimate of drug-likeness (QED) is 0.0685. The Bertz CT molecular complexity index is 2940. The van der Waals surface area contributed by atoms with Crippen LogP contribution >= 0.6 is 0 Å². The molecule has 0 bridgehead atoms. The third-order valence-electron chi connectivity index (χ3n) is 10.9. The van der Waals surface area contributed by atoms with Crippen LogP contribution in [0.5, 0.6) is 0 Å². The van der Waals surface area contributed by atoms with Crippen LogP contribution in [0.3, 0.4) is 0 Å². The first-order chi connectivity index (χ1) is 27.5. The number of anilines is 2. The molecule has 0 radical (unpaired) electrons. The van der Waals surface area contributed by atoms with Crippen molar-refractivity contribution < 1.29 is 38.9 Å². The molecule has 6 aromatic carbocycles. The van der Waals surface area contributed by atoms with Gasteiger partial charge >= 0.3 is 0 Å². The smallest absolute Gasteiger partial charge is 0.295 e. The second-order valence-corrected chi connectivity index (χ2v) is 19.5. The number of aryl methyl sites for hydroxylation is 6. The van der Waals surface area contributed by atoms with Crippen LogP contribution in [0.15, 0.2) is 118 Å². The molecule has 6 rings (SSSR count). The highest BCUT2D eigenvalue weighted by Gasteiger charge is 2.30. The minimum atomic E-state index is -5.07. The molecule has 13 heteroatoms. The van der Waals surface area contributed by atoms with Crippen LogP contribution in [0, 0.1) is 48.5 Å². The average Bonchev–Trinajstić information content (AvgIpc) is 3.12. The van der Waals surface area contributed by atoms with Crippen molar-refractivity contribution >= 4 is 41.7 Å². The van der Waals surface area contributed by atoms with Gasteiger partial charge in [-0.1, -0.05) is 78.4 Å². The van der Waals surface area contributed by atoms with Gasteiger partial charge in [0.05, 0.1) is 14.7 Å². The van der Waals surface area contributed by atoms with Crippen LogP contribution in [0.4, 0.5) is 11.4 Å². The second kappa shape index (κ2) is 16.5. The van der Waals surface area contributed by atoms with Crippen molar-refractivity contribution in [2.24, 2.45) is 0 Å². The third kappa shape index (κ3) is 9.51. The van der Waals surface area contributed by atoms with Gasteiger partial charge in [0.25, 0.3) is 30.4 Å². The zero-order valence-corrected chi connectivity index (χ0v) is 36.3. The summed E-state index contributed by atoms with van der Waals surface area (Å²) in [5, 5.41) is 3.48. The van der Waals surface area contributed by atoms with Gasteiger partial charge in [0.15, 0.2) is 0 Å². The van der Waals surface area contributed by atoms with E-state index in [2.05, 4.69) is 38.2 Å². The van der Waals surface area contributed by atoms with Gasteiger partial charge in [-0.05, 0) is 164 Å². The molecule has 0 aliphatic rings. The molecule has 59 heavy (non-hydrogen) atoms. The van der Waals surface area contributed by atoms with E-state index in [1.54, 1.807) is 19.9 Å². The van der Waals surface area contributed by atoms with Gasteiger partial charge in [-0.2, -0.15) is 25.3 Å². The minimum Gasteiger partial charge on any atom is -0.355 e. The highest BCUT2D eigenvalue weighted by molar-refractivity contribution is 7.86. The van der Waals surface area contributed by atoms with Crippen molar-refractivity contribution in [3.8, 4) is 0 Å². The molecule has 0 saturated heterocycles. The summed E-state index contributed by atoms with van der Waals surface area (Å²) < 4.78 is 106. The van der Waals surface area contributed by atoms with Crippen molar-refractivity contribution in [2.45, 2.75) is 81.9 Å². The van der Waals surface area contributed by atoms with Crippen molar-refractivity contribution in [3.05, 3.63) is 181 Å². The van der Waals surface area contributed by atoms with E-state index in [1.807, 2.05) is 80.6 Å². The van der Waals surface area contributed by atoms with E-state index in [4.69, 9.17) is 0 Å². The number of hydrogen-bond donors (Lipinski definition) is 4. The fourth-order valence-corrected chi connectivity index (χ4v) is 10.7. The summed E-state index contributed by atoms with van der Waals surface area (Å²) in [5.74, 6) is -0.923. The number of rotatable bonds is 12. The Labute approximate surface area is 347 Å². The number of nitrogens with one attached hydrogen (secondary N) is 1. The van der Waals surface area contributed by atoms with Crippen molar-refractivity contribution in [3.63, 3.8) is 0 Å². The summed E-state index contributed by atoms with van der Waals surface area (Å²) in [6.07, 6.45) is 0.926. The van der Waals surface area contributed by atoms with Crippen LogP contribution in [0.1, 0.15) is 83.8 Å². The monoisotopic (exact) mass is 853 g/mol. The lowest BCUT2D eigenvalue weighted by atomic mass is 9.80. The normalized spacial score (nSPS) is 12.7. The molecule has 308 valence electrons. The van der Waals surface area contributed by atoms with Gasteiger partial charge in [-0.3, -0.25) is 13.7 Å². The third-order valence-corrected chi connectivity index (χ3v) is 13.8. The Morgan fingerprint density at radius 2 is 1.07 bits per heavy atom. The van der Waals surface area contributed by atoms with Gasteiger partial charge in [-0.25, -0.2) is 0 Å². The summed E-state index contributed by atoms with van der Waals surface area (Å²) in [5.41, 5.74) is 12.2. The molecular formula is C46H47NO9S3. The topological polar surface area (TPSA) is 175 Å². The highest BCUT2D eigenvalue weighted by Crippen LogP contribution is 2.43. The molecule has 10 nitrogen and oxygen atoms in total. The molecule has 1 atom stereocenters. The van der Waals surface area contributed by atoms with Crippen LogP contribution < -0.4 is 5.32 Å². The fourth-order valence-electron chi connectivity index (χ4n) is 8.33. The molecule has 0 heterocycles. The minimum absolute atomic E-state index is 0.0628. The van der Waals surface area contributed by atoms with Crippen LogP contribution in [0.2, 0.25) is 0 Å². The number of hydrogen-bond acceptors (Lipinski definition) is 7. The van der Waals surface area contributed by atoms with E-state index >= 15 is 0 Å². The second-order valence-electron chi connectivity index (χ2n) is 15.3. The molecule has 0 saturated carbocycles. The van der Waals surface area contributed by atoms with Gasteiger partial charge in [0.2, 0.25) is 0 Å². The molecule has 6 aromatic rings. The lowest BCUT2D eigenvalue weighted by Crippen LogP contribution is -2.15.